The molecule has 0 radical (unpaired) electrons. The number of hydrogen-bond donors (Lipinski definition) is 1. The molecule has 20 heavy (non-hydrogen) atoms. The second kappa shape index (κ2) is 4.85. The zero-order valence-electron chi connectivity index (χ0n) is 13.4. The topological polar surface area (TPSA) is 15.3 Å². The van der Waals surface area contributed by atoms with E-state index in [1.165, 1.54) is 24.8 Å². The van der Waals surface area contributed by atoms with Crippen LogP contribution in [0.15, 0.2) is 18.2 Å². The number of fused-ring (bicyclic) bond motifs is 1. The van der Waals surface area contributed by atoms with Crippen molar-refractivity contribution >= 4 is 0 Å². The fourth-order valence-corrected chi connectivity index (χ4v) is 3.53. The monoisotopic (exact) mass is 272 g/mol. The lowest BCUT2D eigenvalue weighted by atomic mass is 9.90. The molecular weight excluding hydrogens is 244 g/mol. The van der Waals surface area contributed by atoms with Crippen LogP contribution in [0.3, 0.4) is 0 Å². The first-order chi connectivity index (χ1) is 9.36. The van der Waals surface area contributed by atoms with E-state index >= 15 is 0 Å². The van der Waals surface area contributed by atoms with Crippen LogP contribution in [0.4, 0.5) is 0 Å². The Morgan fingerprint density at radius 2 is 1.85 bits per heavy atom. The fraction of sp³-hybridized carbons (Fsp3) is 0.667. The molecule has 0 aromatic heterocycles. The van der Waals surface area contributed by atoms with Gasteiger partial charge in [-0.15, -0.1) is 0 Å². The van der Waals surface area contributed by atoms with Gasteiger partial charge in [0.15, 0.2) is 0 Å². The Kier molecular flexibility index (Phi) is 3.42. The Bertz CT molecular complexity index is 502. The van der Waals surface area contributed by atoms with Crippen molar-refractivity contribution in [3.63, 3.8) is 0 Å². The number of nitrogens with one attached hydrogen (secondary N) is 1. The molecule has 1 aliphatic heterocycles. The summed E-state index contributed by atoms with van der Waals surface area (Å²) in [5.41, 5.74) is 5.10. The highest BCUT2D eigenvalue weighted by Crippen LogP contribution is 2.28. The predicted molar refractivity (Wildman–Crippen MR) is 85.0 cm³/mol. The maximum Gasteiger partial charge on any atom is 0.0282 e. The first-order valence-corrected chi connectivity index (χ1v) is 7.97. The van der Waals surface area contributed by atoms with Crippen LogP contribution >= 0.6 is 0 Å². The number of rotatable bonds is 2. The lowest BCUT2D eigenvalue weighted by Gasteiger charge is -2.49. The molecule has 1 aromatic rings. The van der Waals surface area contributed by atoms with Crippen LogP contribution in [0, 0.1) is 0 Å². The SMILES string of the molecule is CC1(C)CN(Cc2ccc3c(c2)CCC3)C(C)(C)CN1. The molecule has 1 fully saturated rings. The van der Waals surface area contributed by atoms with Gasteiger partial charge < -0.3 is 5.32 Å². The Labute approximate surface area is 123 Å². The Hall–Kier alpha value is -0.860. The summed E-state index contributed by atoms with van der Waals surface area (Å²) in [4.78, 5) is 2.64. The third-order valence-corrected chi connectivity index (χ3v) is 4.98. The molecule has 1 aliphatic carbocycles. The summed E-state index contributed by atoms with van der Waals surface area (Å²) in [5, 5.41) is 3.66. The van der Waals surface area contributed by atoms with Crippen molar-refractivity contribution in [3.05, 3.63) is 34.9 Å². The van der Waals surface area contributed by atoms with Gasteiger partial charge in [0.05, 0.1) is 0 Å². The average molecular weight is 272 g/mol. The average Bonchev–Trinajstić information content (AvgIpc) is 2.82. The maximum absolute atomic E-state index is 3.66. The largest absolute Gasteiger partial charge is 0.309 e. The first-order valence-electron chi connectivity index (χ1n) is 7.97. The summed E-state index contributed by atoms with van der Waals surface area (Å²) >= 11 is 0. The number of piperazine rings is 1. The standard InChI is InChI=1S/C18H28N2/c1-17(2)13-20(18(3,4)12-19-17)11-14-8-9-15-6-5-7-16(15)10-14/h8-10,19H,5-7,11-13H2,1-4H3. The molecule has 2 aliphatic rings. The Morgan fingerprint density at radius 1 is 1.10 bits per heavy atom. The first kappa shape index (κ1) is 14.1. The highest BCUT2D eigenvalue weighted by atomic mass is 15.3. The van der Waals surface area contributed by atoms with Gasteiger partial charge in [-0.1, -0.05) is 18.2 Å². The van der Waals surface area contributed by atoms with E-state index in [4.69, 9.17) is 0 Å². The fourth-order valence-electron chi connectivity index (χ4n) is 3.53. The molecular formula is C18H28N2. The molecule has 0 spiro atoms. The predicted octanol–water partition coefficient (Wildman–Crippen LogP) is 3.14. The van der Waals surface area contributed by atoms with E-state index in [-0.39, 0.29) is 11.1 Å². The number of hydrogen-bond acceptors (Lipinski definition) is 2. The van der Waals surface area contributed by atoms with Crippen LogP contribution in [-0.2, 0) is 19.4 Å². The van der Waals surface area contributed by atoms with Crippen molar-refractivity contribution < 1.29 is 0 Å². The van der Waals surface area contributed by atoms with Crippen molar-refractivity contribution in [2.45, 2.75) is 64.6 Å². The van der Waals surface area contributed by atoms with E-state index in [1.807, 2.05) is 0 Å². The van der Waals surface area contributed by atoms with Crippen LogP contribution in [0.5, 0.6) is 0 Å². The van der Waals surface area contributed by atoms with Gasteiger partial charge in [0.25, 0.3) is 0 Å². The van der Waals surface area contributed by atoms with Gasteiger partial charge in [-0.2, -0.15) is 0 Å². The normalized spacial score (nSPS) is 24.6. The molecule has 0 bridgehead atoms. The van der Waals surface area contributed by atoms with Gasteiger partial charge >= 0.3 is 0 Å². The zero-order chi connectivity index (χ0) is 14.4. The van der Waals surface area contributed by atoms with Gasteiger partial charge in [-0.05, 0) is 63.6 Å². The quantitative estimate of drug-likeness (QED) is 0.890. The lowest BCUT2D eigenvalue weighted by Crippen LogP contribution is -2.65. The smallest absolute Gasteiger partial charge is 0.0282 e. The summed E-state index contributed by atoms with van der Waals surface area (Å²) in [7, 11) is 0. The minimum absolute atomic E-state index is 0.215. The molecule has 0 unspecified atom stereocenters. The highest BCUT2D eigenvalue weighted by molar-refractivity contribution is 5.35. The van der Waals surface area contributed by atoms with E-state index < -0.39 is 0 Å². The highest BCUT2D eigenvalue weighted by Gasteiger charge is 2.37. The molecule has 2 nitrogen and oxygen atoms in total. The van der Waals surface area contributed by atoms with Gasteiger partial charge in [-0.25, -0.2) is 0 Å². The molecule has 2 heteroatoms. The van der Waals surface area contributed by atoms with Crippen molar-refractivity contribution in [1.29, 1.82) is 0 Å². The molecule has 3 rings (SSSR count). The summed E-state index contributed by atoms with van der Waals surface area (Å²) in [6.45, 7) is 12.6. The second-order valence-electron chi connectivity index (χ2n) is 7.86. The molecule has 0 saturated carbocycles. The third kappa shape index (κ3) is 2.77. The molecule has 0 atom stereocenters. The van der Waals surface area contributed by atoms with Crippen molar-refractivity contribution in [1.82, 2.24) is 10.2 Å². The second-order valence-corrected chi connectivity index (χ2v) is 7.86. The Balaban J connectivity index is 1.78. The molecule has 1 N–H and O–H groups in total. The minimum atomic E-state index is 0.215. The van der Waals surface area contributed by atoms with Gasteiger partial charge in [0.1, 0.15) is 0 Å². The minimum Gasteiger partial charge on any atom is -0.309 e. The van der Waals surface area contributed by atoms with Crippen LogP contribution in [0.25, 0.3) is 0 Å². The Morgan fingerprint density at radius 3 is 2.65 bits per heavy atom. The van der Waals surface area contributed by atoms with E-state index in [0.717, 1.165) is 19.6 Å². The molecule has 0 amide bonds. The lowest BCUT2D eigenvalue weighted by molar-refractivity contribution is 0.0324. The molecule has 1 heterocycles. The number of aryl methyl sites for hydroxylation is 2. The van der Waals surface area contributed by atoms with Crippen molar-refractivity contribution in [3.8, 4) is 0 Å². The van der Waals surface area contributed by atoms with Crippen molar-refractivity contribution in [2.75, 3.05) is 13.1 Å². The van der Waals surface area contributed by atoms with E-state index in [9.17, 15) is 0 Å². The molecule has 1 aromatic carbocycles. The van der Waals surface area contributed by atoms with E-state index in [0.29, 0.717) is 0 Å². The van der Waals surface area contributed by atoms with Gasteiger partial charge in [-0.3, -0.25) is 4.90 Å². The van der Waals surface area contributed by atoms with E-state index in [2.05, 4.69) is 56.1 Å². The number of nitrogens with zero attached hydrogens (tertiary/aromatic N) is 1. The number of benzene rings is 1. The zero-order valence-corrected chi connectivity index (χ0v) is 13.4. The third-order valence-electron chi connectivity index (χ3n) is 4.98. The maximum atomic E-state index is 3.66. The van der Waals surface area contributed by atoms with Crippen LogP contribution < -0.4 is 5.32 Å². The summed E-state index contributed by atoms with van der Waals surface area (Å²) in [6.07, 6.45) is 3.90. The van der Waals surface area contributed by atoms with Crippen LogP contribution in [0.2, 0.25) is 0 Å². The van der Waals surface area contributed by atoms with Crippen LogP contribution in [0.1, 0.15) is 50.8 Å². The molecule has 1 saturated heterocycles. The van der Waals surface area contributed by atoms with Gasteiger partial charge in [0, 0.05) is 30.7 Å². The summed E-state index contributed by atoms with van der Waals surface area (Å²) in [6, 6.07) is 7.15. The van der Waals surface area contributed by atoms with Crippen LogP contribution in [-0.4, -0.2) is 29.1 Å². The summed E-state index contributed by atoms with van der Waals surface area (Å²) < 4.78 is 0. The van der Waals surface area contributed by atoms with Gasteiger partial charge in [0.2, 0.25) is 0 Å². The van der Waals surface area contributed by atoms with Crippen molar-refractivity contribution in [2.24, 2.45) is 0 Å². The van der Waals surface area contributed by atoms with E-state index in [1.54, 1.807) is 11.1 Å². The summed E-state index contributed by atoms with van der Waals surface area (Å²) in [5.74, 6) is 0. The molecule has 110 valence electrons.